The molecule has 4 rings (SSSR count). The van der Waals surface area contributed by atoms with Gasteiger partial charge in [0.25, 0.3) is 5.91 Å². The second kappa shape index (κ2) is 10.6. The van der Waals surface area contributed by atoms with Crippen molar-refractivity contribution in [3.8, 4) is 5.75 Å². The molecule has 2 N–H and O–H groups in total. The third-order valence-electron chi connectivity index (χ3n) is 6.07. The van der Waals surface area contributed by atoms with Gasteiger partial charge in [0.05, 0.1) is 10.6 Å². The van der Waals surface area contributed by atoms with Gasteiger partial charge in [0, 0.05) is 23.2 Å². The molecule has 0 spiro atoms. The first-order valence-corrected chi connectivity index (χ1v) is 13.1. The number of nitrogens with zero attached hydrogens (tertiary/aromatic N) is 1. The molecule has 34 heavy (non-hydrogen) atoms. The molecule has 0 atom stereocenters. The number of halogens is 1. The minimum Gasteiger partial charge on any atom is -0.506 e. The Kier molecular flexibility index (Phi) is 7.56. The van der Waals surface area contributed by atoms with Crippen LogP contribution in [-0.4, -0.2) is 29.8 Å². The summed E-state index contributed by atoms with van der Waals surface area (Å²) in [5.74, 6) is -0.672. The van der Waals surface area contributed by atoms with Crippen LogP contribution in [0.3, 0.4) is 0 Å². The molecule has 0 radical (unpaired) electrons. The van der Waals surface area contributed by atoms with E-state index in [1.807, 2.05) is 30.3 Å². The number of hydrogen-bond donors (Lipinski definition) is 2. The highest BCUT2D eigenvalue weighted by Gasteiger charge is 2.33. The number of nitrogens with one attached hydrogen (secondary N) is 1. The molecule has 0 aromatic heterocycles. The van der Waals surface area contributed by atoms with Gasteiger partial charge in [0.2, 0.25) is 10.0 Å². The Bertz CT molecular complexity index is 1260. The monoisotopic (exact) mass is 498 g/mol. The van der Waals surface area contributed by atoms with Crippen molar-refractivity contribution < 1.29 is 18.3 Å². The van der Waals surface area contributed by atoms with Crippen LogP contribution in [0.25, 0.3) is 0 Å². The molecule has 0 saturated heterocycles. The maximum atomic E-state index is 13.8. The highest BCUT2D eigenvalue weighted by atomic mass is 35.5. The first-order valence-electron chi connectivity index (χ1n) is 11.3. The standard InChI is InChI=1S/C26H27ClN2O4S/c27-21-14-15-25(30)24(17-21)28-26(31)20-10-7-13-23(16-20)34(32,33)29(22-11-5-2-6-12-22)18-19-8-3-1-4-9-19/h1,3-4,7-10,13-17,22,30H,2,5-6,11-12,18H2,(H,28,31). The van der Waals surface area contributed by atoms with E-state index >= 15 is 0 Å². The second-order valence-corrected chi connectivity index (χ2v) is 10.8. The summed E-state index contributed by atoms with van der Waals surface area (Å²) in [6.07, 6.45) is 4.75. The molecular weight excluding hydrogens is 472 g/mol. The molecule has 0 heterocycles. The molecular formula is C26H27ClN2O4S. The summed E-state index contributed by atoms with van der Waals surface area (Å²) in [7, 11) is -3.86. The number of hydrogen-bond acceptors (Lipinski definition) is 4. The number of anilines is 1. The van der Waals surface area contributed by atoms with E-state index in [1.165, 1.54) is 36.4 Å². The minimum absolute atomic E-state index is 0.0666. The highest BCUT2D eigenvalue weighted by Crippen LogP contribution is 2.31. The third-order valence-corrected chi connectivity index (χ3v) is 8.20. The summed E-state index contributed by atoms with van der Waals surface area (Å²) in [4.78, 5) is 12.9. The van der Waals surface area contributed by atoms with Gasteiger partial charge < -0.3 is 10.4 Å². The number of carbonyl (C=O) groups excluding carboxylic acids is 1. The van der Waals surface area contributed by atoms with Gasteiger partial charge in [0.1, 0.15) is 5.75 Å². The number of carbonyl (C=O) groups is 1. The minimum atomic E-state index is -3.86. The quantitative estimate of drug-likeness (QED) is 0.402. The Morgan fingerprint density at radius 2 is 1.71 bits per heavy atom. The fourth-order valence-corrected chi connectivity index (χ4v) is 6.17. The summed E-state index contributed by atoms with van der Waals surface area (Å²) >= 11 is 5.96. The Balaban J connectivity index is 1.63. The first kappa shape index (κ1) is 24.3. The normalized spacial score (nSPS) is 14.8. The predicted molar refractivity (Wildman–Crippen MR) is 134 cm³/mol. The highest BCUT2D eigenvalue weighted by molar-refractivity contribution is 7.89. The maximum Gasteiger partial charge on any atom is 0.255 e. The van der Waals surface area contributed by atoms with E-state index in [4.69, 9.17) is 11.6 Å². The molecule has 1 aliphatic carbocycles. The fourth-order valence-electron chi connectivity index (χ4n) is 4.28. The van der Waals surface area contributed by atoms with Gasteiger partial charge in [0.15, 0.2) is 0 Å². The molecule has 0 unspecified atom stereocenters. The number of aromatic hydroxyl groups is 1. The summed E-state index contributed by atoms with van der Waals surface area (Å²) in [6.45, 7) is 0.278. The molecule has 8 heteroatoms. The molecule has 1 aliphatic rings. The predicted octanol–water partition coefficient (Wildman–Crippen LogP) is 5.82. The smallest absolute Gasteiger partial charge is 0.255 e. The zero-order chi connectivity index (χ0) is 24.1. The molecule has 6 nitrogen and oxygen atoms in total. The zero-order valence-corrected chi connectivity index (χ0v) is 20.2. The summed E-state index contributed by atoms with van der Waals surface area (Å²) < 4.78 is 29.2. The average Bonchev–Trinajstić information content (AvgIpc) is 2.86. The van der Waals surface area contributed by atoms with Crippen molar-refractivity contribution in [2.45, 2.75) is 49.6 Å². The van der Waals surface area contributed by atoms with Crippen LogP contribution in [-0.2, 0) is 16.6 Å². The first-order chi connectivity index (χ1) is 16.3. The van der Waals surface area contributed by atoms with Crippen LogP contribution in [0.5, 0.6) is 5.75 Å². The molecule has 1 saturated carbocycles. The van der Waals surface area contributed by atoms with Gasteiger partial charge in [-0.05, 0) is 54.8 Å². The van der Waals surface area contributed by atoms with E-state index in [2.05, 4.69) is 5.32 Å². The maximum absolute atomic E-state index is 13.8. The zero-order valence-electron chi connectivity index (χ0n) is 18.7. The number of benzene rings is 3. The van der Waals surface area contributed by atoms with Crippen LogP contribution in [0.4, 0.5) is 5.69 Å². The average molecular weight is 499 g/mol. The van der Waals surface area contributed by atoms with Gasteiger partial charge in [-0.15, -0.1) is 0 Å². The lowest BCUT2D eigenvalue weighted by Gasteiger charge is -2.33. The molecule has 3 aromatic carbocycles. The van der Waals surface area contributed by atoms with Crippen LogP contribution < -0.4 is 5.32 Å². The molecule has 1 amide bonds. The van der Waals surface area contributed by atoms with Crippen molar-refractivity contribution in [2.75, 3.05) is 5.32 Å². The van der Waals surface area contributed by atoms with Crippen LogP contribution in [0.2, 0.25) is 5.02 Å². The largest absolute Gasteiger partial charge is 0.506 e. The summed E-state index contributed by atoms with van der Waals surface area (Å²) in [6, 6.07) is 19.8. The lowest BCUT2D eigenvalue weighted by Crippen LogP contribution is -2.41. The van der Waals surface area contributed by atoms with E-state index in [0.29, 0.717) is 5.02 Å². The van der Waals surface area contributed by atoms with Gasteiger partial charge in [-0.3, -0.25) is 4.79 Å². The molecule has 3 aromatic rings. The second-order valence-electron chi connectivity index (χ2n) is 8.47. The van der Waals surface area contributed by atoms with E-state index in [9.17, 15) is 18.3 Å². The number of phenols is 1. The van der Waals surface area contributed by atoms with E-state index in [1.54, 1.807) is 10.4 Å². The van der Waals surface area contributed by atoms with Crippen molar-refractivity contribution in [1.29, 1.82) is 0 Å². The Morgan fingerprint density at radius 3 is 2.44 bits per heavy atom. The van der Waals surface area contributed by atoms with E-state index in [-0.39, 0.29) is 34.5 Å². The Morgan fingerprint density at radius 1 is 0.971 bits per heavy atom. The Labute approximate surface area is 205 Å². The Hall–Kier alpha value is -2.87. The van der Waals surface area contributed by atoms with Crippen molar-refractivity contribution in [3.05, 3.63) is 88.9 Å². The van der Waals surface area contributed by atoms with Crippen LogP contribution in [0, 0.1) is 0 Å². The van der Waals surface area contributed by atoms with Crippen molar-refractivity contribution in [1.82, 2.24) is 4.31 Å². The van der Waals surface area contributed by atoms with Gasteiger partial charge in [-0.1, -0.05) is 67.3 Å². The number of phenolic OH excluding ortho intramolecular Hbond substituents is 1. The summed E-state index contributed by atoms with van der Waals surface area (Å²) in [5, 5.41) is 12.9. The van der Waals surface area contributed by atoms with E-state index in [0.717, 1.165) is 37.7 Å². The molecule has 178 valence electrons. The van der Waals surface area contributed by atoms with Gasteiger partial charge in [-0.25, -0.2) is 8.42 Å². The van der Waals surface area contributed by atoms with E-state index < -0.39 is 15.9 Å². The van der Waals surface area contributed by atoms with Gasteiger partial charge in [-0.2, -0.15) is 4.31 Å². The topological polar surface area (TPSA) is 86.7 Å². The number of rotatable bonds is 7. The SMILES string of the molecule is O=C(Nc1cc(Cl)ccc1O)c1cccc(S(=O)(=O)N(Cc2ccccc2)C2CCCCC2)c1. The van der Waals surface area contributed by atoms with Crippen LogP contribution in [0.1, 0.15) is 48.0 Å². The van der Waals surface area contributed by atoms with Crippen molar-refractivity contribution in [3.63, 3.8) is 0 Å². The number of sulfonamides is 1. The third kappa shape index (κ3) is 5.60. The number of amides is 1. The van der Waals surface area contributed by atoms with Gasteiger partial charge >= 0.3 is 0 Å². The molecule has 0 aliphatic heterocycles. The lowest BCUT2D eigenvalue weighted by molar-refractivity contribution is 0.102. The molecule has 0 bridgehead atoms. The van der Waals surface area contributed by atoms with Crippen molar-refractivity contribution in [2.24, 2.45) is 0 Å². The van der Waals surface area contributed by atoms with Crippen LogP contribution >= 0.6 is 11.6 Å². The van der Waals surface area contributed by atoms with Crippen molar-refractivity contribution >= 4 is 33.2 Å². The fraction of sp³-hybridized carbons (Fsp3) is 0.269. The lowest BCUT2D eigenvalue weighted by atomic mass is 9.95. The van der Waals surface area contributed by atoms with Crippen LogP contribution in [0.15, 0.2) is 77.7 Å². The molecule has 1 fully saturated rings. The summed E-state index contributed by atoms with van der Waals surface area (Å²) in [5.41, 5.74) is 1.24.